The quantitative estimate of drug-likeness (QED) is 0.394. The van der Waals surface area contributed by atoms with E-state index in [0.29, 0.717) is 6.54 Å². The van der Waals surface area contributed by atoms with Crippen LogP contribution in [0.1, 0.15) is 41.7 Å². The number of ether oxygens (including phenoxy) is 1. The van der Waals surface area contributed by atoms with Gasteiger partial charge in [-0.25, -0.2) is 0 Å². The van der Waals surface area contributed by atoms with Gasteiger partial charge in [-0.3, -0.25) is 4.79 Å². The van der Waals surface area contributed by atoms with Crippen LogP contribution in [0.2, 0.25) is 0 Å². The molecule has 35 heavy (non-hydrogen) atoms. The molecule has 4 heterocycles. The van der Waals surface area contributed by atoms with E-state index in [0.717, 1.165) is 29.4 Å². The lowest BCUT2D eigenvalue weighted by molar-refractivity contribution is -0.0528. The highest BCUT2D eigenvalue weighted by Gasteiger charge is 2.51. The molecule has 6 heteroatoms. The molecule has 2 N–H and O–H groups in total. The predicted molar refractivity (Wildman–Crippen MR) is 139 cm³/mol. The summed E-state index contributed by atoms with van der Waals surface area (Å²) in [6, 6.07) is 17.8. The Morgan fingerprint density at radius 1 is 1.03 bits per heavy atom. The second kappa shape index (κ2) is 6.45. The summed E-state index contributed by atoms with van der Waals surface area (Å²) in [5, 5.41) is 11.5. The number of carbonyl (C=O) groups is 1. The molecule has 5 aromatic rings. The van der Waals surface area contributed by atoms with E-state index < -0.39 is 0 Å². The van der Waals surface area contributed by atoms with Gasteiger partial charge in [0, 0.05) is 58.3 Å². The summed E-state index contributed by atoms with van der Waals surface area (Å²) in [7, 11) is 3.90. The number of hydrogen-bond donors (Lipinski definition) is 2. The molecular formula is C29H28N4O2. The Morgan fingerprint density at radius 2 is 1.74 bits per heavy atom. The van der Waals surface area contributed by atoms with Crippen LogP contribution in [0.25, 0.3) is 43.6 Å². The number of rotatable bonds is 2. The van der Waals surface area contributed by atoms with Crippen molar-refractivity contribution in [3.8, 4) is 0 Å². The Kier molecular flexibility index (Phi) is 3.67. The number of aromatic nitrogens is 2. The number of benzene rings is 3. The van der Waals surface area contributed by atoms with E-state index >= 15 is 0 Å². The fourth-order valence-corrected chi connectivity index (χ4v) is 8.02. The Labute approximate surface area is 202 Å². The van der Waals surface area contributed by atoms with Gasteiger partial charge >= 0.3 is 0 Å². The average Bonchev–Trinajstić information content (AvgIpc) is 3.51. The van der Waals surface area contributed by atoms with Crippen LogP contribution in [0.3, 0.4) is 0 Å². The van der Waals surface area contributed by atoms with Gasteiger partial charge in [-0.05, 0) is 44.5 Å². The molecule has 1 saturated carbocycles. The molecule has 3 aliphatic rings. The van der Waals surface area contributed by atoms with Gasteiger partial charge in [-0.1, -0.05) is 36.4 Å². The zero-order valence-electron chi connectivity index (χ0n) is 20.2. The molecule has 0 spiro atoms. The van der Waals surface area contributed by atoms with E-state index in [9.17, 15) is 4.79 Å². The summed E-state index contributed by atoms with van der Waals surface area (Å²) in [5.74, 6) is 0.0444. The molecule has 2 aliphatic heterocycles. The normalized spacial score (nSPS) is 27.3. The maximum Gasteiger partial charge on any atom is 0.252 e. The topological polar surface area (TPSA) is 60.2 Å². The maximum atomic E-state index is 13.4. The maximum absolute atomic E-state index is 13.4. The second-order valence-corrected chi connectivity index (χ2v) is 10.7. The molecule has 6 nitrogen and oxygen atoms in total. The fourth-order valence-electron chi connectivity index (χ4n) is 8.02. The molecule has 1 amide bonds. The lowest BCUT2D eigenvalue weighted by Gasteiger charge is -2.48. The molecule has 0 saturated heterocycles. The summed E-state index contributed by atoms with van der Waals surface area (Å²) < 4.78 is 11.4. The van der Waals surface area contributed by atoms with Crippen molar-refractivity contribution in [3.05, 3.63) is 59.7 Å². The first-order valence-electron chi connectivity index (χ1n) is 12.6. The van der Waals surface area contributed by atoms with Gasteiger partial charge in [0.05, 0.1) is 28.2 Å². The van der Waals surface area contributed by atoms with E-state index in [1.165, 1.54) is 38.2 Å². The SMILES string of the molecule is CN[C@H]1C[C@@H]2C[C@](C)([C@H]1OC)n1c3ccccc3c3c4c(c5c6ccccc6n2c5c31)C(=O)NC4. The number of carbonyl (C=O) groups excluding carboxylic acids is 1. The second-order valence-electron chi connectivity index (χ2n) is 10.7. The third-order valence-corrected chi connectivity index (χ3v) is 9.17. The van der Waals surface area contributed by atoms with E-state index in [4.69, 9.17) is 4.74 Å². The van der Waals surface area contributed by atoms with Crippen molar-refractivity contribution < 1.29 is 9.53 Å². The summed E-state index contributed by atoms with van der Waals surface area (Å²) in [4.78, 5) is 13.4. The van der Waals surface area contributed by atoms with Crippen LogP contribution in [-0.2, 0) is 16.8 Å². The number of amides is 1. The first-order valence-corrected chi connectivity index (χ1v) is 12.6. The van der Waals surface area contributed by atoms with Crippen LogP contribution in [-0.4, -0.2) is 41.3 Å². The molecular weight excluding hydrogens is 436 g/mol. The average molecular weight is 465 g/mol. The number of likely N-dealkylation sites (N-methyl/N-ethyl adjacent to an activating group) is 1. The van der Waals surface area contributed by atoms with Crippen LogP contribution >= 0.6 is 0 Å². The molecule has 0 unspecified atom stereocenters. The van der Waals surface area contributed by atoms with Gasteiger partial charge < -0.3 is 24.5 Å². The Hall–Kier alpha value is -3.35. The number of para-hydroxylation sites is 2. The van der Waals surface area contributed by atoms with Gasteiger partial charge in [-0.2, -0.15) is 0 Å². The number of methoxy groups -OCH3 is 1. The third-order valence-electron chi connectivity index (χ3n) is 9.17. The van der Waals surface area contributed by atoms with Crippen LogP contribution in [0.4, 0.5) is 0 Å². The predicted octanol–water partition coefficient (Wildman–Crippen LogP) is 4.81. The molecule has 0 radical (unpaired) electrons. The zero-order valence-corrected chi connectivity index (χ0v) is 20.2. The Bertz CT molecular complexity index is 1740. The highest BCUT2D eigenvalue weighted by Crippen LogP contribution is 2.54. The summed E-state index contributed by atoms with van der Waals surface area (Å²) in [6.45, 7) is 2.95. The van der Waals surface area contributed by atoms with Crippen LogP contribution in [0.5, 0.6) is 0 Å². The largest absolute Gasteiger partial charge is 0.377 e. The zero-order chi connectivity index (χ0) is 23.6. The molecule has 1 aliphatic carbocycles. The molecule has 3 aromatic carbocycles. The highest BCUT2D eigenvalue weighted by molar-refractivity contribution is 6.31. The van der Waals surface area contributed by atoms with Crippen molar-refractivity contribution in [2.24, 2.45) is 0 Å². The molecule has 4 atom stereocenters. The molecule has 8 rings (SSSR count). The first kappa shape index (κ1) is 19.9. The smallest absolute Gasteiger partial charge is 0.252 e. The van der Waals surface area contributed by atoms with Crippen molar-refractivity contribution in [2.75, 3.05) is 14.2 Å². The van der Waals surface area contributed by atoms with E-state index in [-0.39, 0.29) is 29.6 Å². The van der Waals surface area contributed by atoms with E-state index in [2.05, 4.69) is 82.3 Å². The lowest BCUT2D eigenvalue weighted by Crippen LogP contribution is -2.58. The highest BCUT2D eigenvalue weighted by atomic mass is 16.5. The first-order chi connectivity index (χ1) is 17.1. The van der Waals surface area contributed by atoms with Gasteiger partial charge in [0.1, 0.15) is 0 Å². The van der Waals surface area contributed by atoms with Gasteiger partial charge in [0.15, 0.2) is 0 Å². The minimum absolute atomic E-state index is 0.0155. The van der Waals surface area contributed by atoms with Gasteiger partial charge in [0.25, 0.3) is 5.91 Å². The monoisotopic (exact) mass is 464 g/mol. The van der Waals surface area contributed by atoms with Crippen LogP contribution < -0.4 is 10.6 Å². The van der Waals surface area contributed by atoms with E-state index in [1.54, 1.807) is 0 Å². The summed E-state index contributed by atoms with van der Waals surface area (Å²) >= 11 is 0. The van der Waals surface area contributed by atoms with Crippen molar-refractivity contribution >= 4 is 49.5 Å². The summed E-state index contributed by atoms with van der Waals surface area (Å²) in [6.07, 6.45) is 1.96. The lowest BCUT2D eigenvalue weighted by atomic mass is 9.74. The molecule has 1 fully saturated rings. The number of nitrogens with zero attached hydrogens (tertiary/aromatic N) is 2. The van der Waals surface area contributed by atoms with Crippen molar-refractivity contribution in [3.63, 3.8) is 0 Å². The van der Waals surface area contributed by atoms with Crippen molar-refractivity contribution in [2.45, 2.75) is 50.0 Å². The number of fused-ring (bicyclic) bond motifs is 13. The van der Waals surface area contributed by atoms with Gasteiger partial charge in [0.2, 0.25) is 0 Å². The Balaban J connectivity index is 1.72. The fraction of sp³-hybridized carbons (Fsp3) is 0.345. The van der Waals surface area contributed by atoms with E-state index in [1.807, 2.05) is 7.11 Å². The van der Waals surface area contributed by atoms with Gasteiger partial charge in [-0.15, -0.1) is 0 Å². The molecule has 2 aromatic heterocycles. The third kappa shape index (κ3) is 2.13. The minimum atomic E-state index is -0.260. The van der Waals surface area contributed by atoms with Crippen molar-refractivity contribution in [1.82, 2.24) is 19.8 Å². The number of nitrogens with one attached hydrogen (secondary N) is 2. The molecule has 176 valence electrons. The number of hydrogen-bond acceptors (Lipinski definition) is 3. The van der Waals surface area contributed by atoms with Crippen LogP contribution in [0, 0.1) is 0 Å². The van der Waals surface area contributed by atoms with Crippen LogP contribution in [0.15, 0.2) is 48.5 Å². The Morgan fingerprint density at radius 3 is 2.49 bits per heavy atom. The minimum Gasteiger partial charge on any atom is -0.377 e. The van der Waals surface area contributed by atoms with Crippen molar-refractivity contribution in [1.29, 1.82) is 0 Å². The summed E-state index contributed by atoms with van der Waals surface area (Å²) in [5.41, 5.74) is 6.62. The standard InChI is InChI=1S/C29H28N4O2/c1-29-13-15(12-19(30-2)27(29)35-3)32-20-10-6-4-8-16(20)23-24-18(14-31-28(24)34)22-17-9-5-7-11-21(17)33(29)26(22)25(23)32/h4-11,15,19,27,30H,12-14H2,1-3H3,(H,31,34)/t15-,19+,27+,29-/m1/s1. The molecule has 2 bridgehead atoms.